The van der Waals surface area contributed by atoms with Crippen molar-refractivity contribution in [1.82, 2.24) is 10.4 Å². The molecule has 44 heavy (non-hydrogen) atoms. The van der Waals surface area contributed by atoms with Crippen LogP contribution in [0.15, 0.2) is 83.1 Å². The molecule has 0 unspecified atom stereocenters. The third kappa shape index (κ3) is 7.94. The third-order valence-corrected chi connectivity index (χ3v) is 10.2. The van der Waals surface area contributed by atoms with E-state index >= 15 is 0 Å². The number of nitrogens with one attached hydrogen (secondary N) is 1. The maximum atomic E-state index is 12.2. The van der Waals surface area contributed by atoms with Crippen molar-refractivity contribution in [3.63, 3.8) is 0 Å². The van der Waals surface area contributed by atoms with Gasteiger partial charge in [0.1, 0.15) is 0 Å². The van der Waals surface area contributed by atoms with E-state index in [4.69, 9.17) is 4.84 Å². The van der Waals surface area contributed by atoms with Gasteiger partial charge in [-0.1, -0.05) is 73.2 Å². The molecule has 0 radical (unpaired) electrons. The molecule has 0 spiro atoms. The molecule has 1 saturated heterocycles. The van der Waals surface area contributed by atoms with E-state index in [2.05, 4.69) is 89.1 Å². The Bertz CT molecular complexity index is 1430. The molecule has 0 aliphatic carbocycles. The molecule has 0 bridgehead atoms. The molecule has 5 rings (SSSR count). The molecule has 0 saturated carbocycles. The maximum Gasteiger partial charge on any atom is 0.333 e. The summed E-state index contributed by atoms with van der Waals surface area (Å²) >= 11 is 3.82. The van der Waals surface area contributed by atoms with Crippen molar-refractivity contribution >= 4 is 58.3 Å². The van der Waals surface area contributed by atoms with Gasteiger partial charge in [-0.15, -0.1) is 28.6 Å². The van der Waals surface area contributed by atoms with Gasteiger partial charge >= 0.3 is 5.97 Å². The van der Waals surface area contributed by atoms with E-state index in [1.165, 1.54) is 37.9 Å². The summed E-state index contributed by atoms with van der Waals surface area (Å²) in [4.78, 5) is 43.0. The average molecular weight is 630 g/mol. The molecule has 2 heterocycles. The number of hydrogen-bond donors (Lipinski definition) is 1. The first-order chi connectivity index (χ1) is 21.6. The van der Waals surface area contributed by atoms with Gasteiger partial charge in [-0.25, -0.2) is 4.79 Å². The Kier molecular flexibility index (Phi) is 11.6. The van der Waals surface area contributed by atoms with Gasteiger partial charge in [0.2, 0.25) is 0 Å². The number of hydrogen-bond acceptors (Lipinski definition) is 8. The highest BCUT2D eigenvalue weighted by molar-refractivity contribution is 8.22. The maximum absolute atomic E-state index is 12.2. The Morgan fingerprint density at radius 2 is 1.36 bits per heavy atom. The molecule has 0 aromatic heterocycles. The highest BCUT2D eigenvalue weighted by Gasteiger charge is 2.33. The summed E-state index contributed by atoms with van der Waals surface area (Å²) in [6.45, 7) is 1.77. The van der Waals surface area contributed by atoms with Gasteiger partial charge in [0.25, 0.3) is 11.8 Å². The van der Waals surface area contributed by atoms with Crippen molar-refractivity contribution in [2.45, 2.75) is 51.5 Å². The molecule has 2 aliphatic heterocycles. The molecular formula is C35H39N3O4S2. The number of nitrogens with zero attached hydrogens (tertiary/aromatic N) is 2. The molecule has 0 atom stereocenters. The molecule has 2 aliphatic rings. The zero-order valence-corrected chi connectivity index (χ0v) is 26.8. The van der Waals surface area contributed by atoms with Gasteiger partial charge in [-0.3, -0.25) is 9.59 Å². The lowest BCUT2D eigenvalue weighted by Crippen LogP contribution is -2.31. The molecule has 9 heteroatoms. The molecule has 1 fully saturated rings. The van der Waals surface area contributed by atoms with Gasteiger partial charge < -0.3 is 15.1 Å². The fraction of sp³-hybridized carbons (Fsp3) is 0.343. The second kappa shape index (κ2) is 16.0. The second-order valence-electron chi connectivity index (χ2n) is 10.8. The first-order valence-electron chi connectivity index (χ1n) is 15.3. The SMILES string of the molecule is CNCCCSC(SCCCCCC(=O)ON1C(=O)CCC1=O)=C1c2ccccc2N(Cc2ccccc2)c2ccccc21. The first kappa shape index (κ1) is 31.9. The summed E-state index contributed by atoms with van der Waals surface area (Å²) in [6.07, 6.45) is 3.92. The number of thioether (sulfide) groups is 2. The largest absolute Gasteiger partial charge is 0.336 e. The highest BCUT2D eigenvalue weighted by atomic mass is 32.2. The van der Waals surface area contributed by atoms with Crippen LogP contribution in [0.2, 0.25) is 0 Å². The van der Waals surface area contributed by atoms with Crippen LogP contribution in [0.1, 0.15) is 61.6 Å². The van der Waals surface area contributed by atoms with Crippen LogP contribution in [0.5, 0.6) is 0 Å². The van der Waals surface area contributed by atoms with Gasteiger partial charge in [-0.2, -0.15) is 0 Å². The predicted octanol–water partition coefficient (Wildman–Crippen LogP) is 7.30. The number of hydroxylamine groups is 2. The van der Waals surface area contributed by atoms with E-state index in [9.17, 15) is 14.4 Å². The number of carbonyl (C=O) groups excluding carboxylic acids is 3. The van der Waals surface area contributed by atoms with Crippen LogP contribution in [0.4, 0.5) is 11.4 Å². The van der Waals surface area contributed by atoms with Crippen molar-refractivity contribution in [3.8, 4) is 0 Å². The van der Waals surface area contributed by atoms with E-state index in [1.54, 1.807) is 0 Å². The Morgan fingerprint density at radius 1 is 0.773 bits per heavy atom. The molecular weight excluding hydrogens is 591 g/mol. The normalized spacial score (nSPS) is 14.1. The molecule has 3 aromatic rings. The lowest BCUT2D eigenvalue weighted by molar-refractivity contribution is -0.197. The number of rotatable bonds is 15. The Morgan fingerprint density at radius 3 is 2.00 bits per heavy atom. The van der Waals surface area contributed by atoms with Crippen LogP contribution in [-0.4, -0.2) is 47.9 Å². The van der Waals surface area contributed by atoms with Crippen molar-refractivity contribution in [3.05, 3.63) is 99.8 Å². The molecule has 2 amide bonds. The van der Waals surface area contributed by atoms with Crippen LogP contribution in [0.25, 0.3) is 5.57 Å². The minimum atomic E-state index is -0.528. The number of benzene rings is 3. The van der Waals surface area contributed by atoms with Gasteiger partial charge in [0.15, 0.2) is 0 Å². The summed E-state index contributed by atoms with van der Waals surface area (Å²) in [7, 11) is 1.99. The Hall–Kier alpha value is -3.53. The lowest BCUT2D eigenvalue weighted by Gasteiger charge is -2.35. The van der Waals surface area contributed by atoms with E-state index < -0.39 is 17.8 Å². The quantitative estimate of drug-likeness (QED) is 0.139. The molecule has 230 valence electrons. The van der Waals surface area contributed by atoms with Crippen LogP contribution in [-0.2, 0) is 25.8 Å². The summed E-state index contributed by atoms with van der Waals surface area (Å²) < 4.78 is 1.32. The van der Waals surface area contributed by atoms with Crippen LogP contribution in [0, 0.1) is 0 Å². The van der Waals surface area contributed by atoms with Gasteiger partial charge in [-0.05, 0) is 62.1 Å². The van der Waals surface area contributed by atoms with E-state index in [0.717, 1.165) is 43.9 Å². The Balaban J connectivity index is 1.31. The van der Waals surface area contributed by atoms with Crippen molar-refractivity contribution < 1.29 is 19.2 Å². The minimum Gasteiger partial charge on any atom is -0.336 e. The number of unbranched alkanes of at least 4 members (excludes halogenated alkanes) is 2. The monoisotopic (exact) mass is 629 g/mol. The second-order valence-corrected chi connectivity index (χ2v) is 13.2. The number of imide groups is 1. The fourth-order valence-electron chi connectivity index (χ4n) is 5.39. The van der Waals surface area contributed by atoms with Crippen LogP contribution < -0.4 is 10.2 Å². The highest BCUT2D eigenvalue weighted by Crippen LogP contribution is 2.50. The van der Waals surface area contributed by atoms with Crippen LogP contribution in [0.3, 0.4) is 0 Å². The predicted molar refractivity (Wildman–Crippen MR) is 180 cm³/mol. The number of fused-ring (bicyclic) bond motifs is 2. The Labute approximate surface area is 268 Å². The third-order valence-electron chi connectivity index (χ3n) is 7.58. The van der Waals surface area contributed by atoms with E-state index in [0.29, 0.717) is 11.5 Å². The summed E-state index contributed by atoms with van der Waals surface area (Å²) in [5.74, 6) is 0.529. The first-order valence-corrected chi connectivity index (χ1v) is 17.2. The van der Waals surface area contributed by atoms with E-state index in [-0.39, 0.29) is 19.3 Å². The smallest absolute Gasteiger partial charge is 0.333 e. The fourth-order valence-corrected chi connectivity index (χ4v) is 7.96. The number of anilines is 2. The van der Waals surface area contributed by atoms with Crippen molar-refractivity contribution in [2.24, 2.45) is 0 Å². The molecule has 3 aromatic carbocycles. The topological polar surface area (TPSA) is 79.0 Å². The number of amides is 2. The molecule has 7 nitrogen and oxygen atoms in total. The van der Waals surface area contributed by atoms with Gasteiger partial charge in [0, 0.05) is 58.1 Å². The van der Waals surface area contributed by atoms with Crippen molar-refractivity contribution in [2.75, 3.05) is 30.0 Å². The summed E-state index contributed by atoms with van der Waals surface area (Å²) in [5, 5.41) is 3.89. The van der Waals surface area contributed by atoms with E-state index in [1.807, 2.05) is 30.6 Å². The standard InChI is InChI=1S/C35H39N3O4S2/c1-36-22-12-24-44-35(43-23-11-3-6-19-33(41)42-38-31(39)20-21-32(38)40)34-27-15-7-9-17-29(27)37(25-26-13-4-2-5-14-26)30-18-10-8-16-28(30)34/h2,4-5,7-10,13-18,36H,3,6,11-12,19-25H2,1H3. The summed E-state index contributed by atoms with van der Waals surface area (Å²) in [6, 6.07) is 28.1. The zero-order chi connectivity index (χ0) is 30.7. The minimum absolute atomic E-state index is 0.105. The molecule has 1 N–H and O–H groups in total. The average Bonchev–Trinajstić information content (AvgIpc) is 3.36. The zero-order valence-electron chi connectivity index (χ0n) is 25.1. The van der Waals surface area contributed by atoms with Gasteiger partial charge in [0.05, 0.1) is 0 Å². The number of para-hydroxylation sites is 2. The van der Waals surface area contributed by atoms with Crippen molar-refractivity contribution in [1.29, 1.82) is 0 Å². The lowest BCUT2D eigenvalue weighted by atomic mass is 9.91. The van der Waals surface area contributed by atoms with Crippen LogP contribution >= 0.6 is 23.5 Å². The number of carbonyl (C=O) groups is 3. The summed E-state index contributed by atoms with van der Waals surface area (Å²) in [5.41, 5.74) is 7.49.